The fraction of sp³-hybridized carbons (Fsp3) is 0.444. The summed E-state index contributed by atoms with van der Waals surface area (Å²) < 4.78 is 40.8. The molecule has 2 N–H and O–H groups in total. The molecule has 2 heterocycles. The summed E-state index contributed by atoms with van der Waals surface area (Å²) >= 11 is 0. The lowest BCUT2D eigenvalue weighted by Crippen LogP contribution is -2.28. The molecule has 4 rings (SSSR count). The maximum Gasteiger partial charge on any atom is 0.303 e. The Morgan fingerprint density at radius 3 is 2.49 bits per heavy atom. The molecule has 8 nitrogen and oxygen atoms in total. The zero-order chi connectivity index (χ0) is 32.8. The lowest BCUT2D eigenvalue weighted by Gasteiger charge is -2.29. The van der Waals surface area contributed by atoms with Gasteiger partial charge >= 0.3 is 5.97 Å². The zero-order valence-corrected chi connectivity index (χ0v) is 27.9. The number of benzene rings is 1. The van der Waals surface area contributed by atoms with Crippen molar-refractivity contribution in [2.24, 2.45) is 5.41 Å². The molecule has 0 saturated heterocycles. The van der Waals surface area contributed by atoms with Crippen molar-refractivity contribution in [2.75, 3.05) is 26.8 Å². The standard InChI is InChI=1S/C36H46N2O6S/c1-35(2)28-16-13-14-17-30(28)37(23-15-9-12-20-34(39)40)32(35)18-10-7-6-8-11-19-33-36(3,4)29-26-27(45(41,42)43)21-22-31(29)38(33)24-25-44-5/h6-8,10-11,13,16,18-19,21-22,26H,9,12,14-15,17,20,23-25H2,1-5H3,(H-,39,40,41,42,43)/p+1. The zero-order valence-electron chi connectivity index (χ0n) is 27.1. The number of aliphatic carboxylic acids is 1. The summed E-state index contributed by atoms with van der Waals surface area (Å²) in [6.45, 7) is 10.6. The minimum Gasteiger partial charge on any atom is -0.481 e. The number of nitrogens with zero attached hydrogens (tertiary/aromatic N) is 2. The van der Waals surface area contributed by atoms with Gasteiger partial charge in [-0.2, -0.15) is 13.0 Å². The summed E-state index contributed by atoms with van der Waals surface area (Å²) in [5, 5.41) is 8.97. The first-order valence-electron chi connectivity index (χ1n) is 15.7. The van der Waals surface area contributed by atoms with E-state index in [4.69, 9.17) is 9.84 Å². The van der Waals surface area contributed by atoms with E-state index in [2.05, 4.69) is 47.6 Å². The average molecular weight is 636 g/mol. The Labute approximate surface area is 268 Å². The summed E-state index contributed by atoms with van der Waals surface area (Å²) in [6, 6.07) is 4.74. The average Bonchev–Trinajstić information content (AvgIpc) is 3.33. The molecule has 45 heavy (non-hydrogen) atoms. The topological polar surface area (TPSA) is 107 Å². The van der Waals surface area contributed by atoms with E-state index in [1.807, 2.05) is 44.2 Å². The fourth-order valence-electron chi connectivity index (χ4n) is 6.62. The van der Waals surface area contributed by atoms with Crippen LogP contribution in [0.5, 0.6) is 0 Å². The normalized spacial score (nSPS) is 20.0. The molecule has 9 heteroatoms. The lowest BCUT2D eigenvalue weighted by molar-refractivity contribution is -0.441. The number of carboxylic acid groups (broad SMARTS) is 1. The second kappa shape index (κ2) is 14.3. The van der Waals surface area contributed by atoms with Crippen molar-refractivity contribution in [3.05, 3.63) is 95.4 Å². The molecule has 242 valence electrons. The molecular formula is C36H47N2O6S+. The molecular weight excluding hydrogens is 588 g/mol. The monoisotopic (exact) mass is 635 g/mol. The summed E-state index contributed by atoms with van der Waals surface area (Å²) in [7, 11) is -2.66. The minimum atomic E-state index is -4.31. The van der Waals surface area contributed by atoms with Gasteiger partial charge in [0.2, 0.25) is 5.69 Å². The number of fused-ring (bicyclic) bond motifs is 1. The number of hydrogen-bond donors (Lipinski definition) is 2. The van der Waals surface area contributed by atoms with Crippen LogP contribution in [-0.2, 0) is 25.1 Å². The maximum absolute atomic E-state index is 11.8. The van der Waals surface area contributed by atoms with E-state index in [9.17, 15) is 17.8 Å². The molecule has 0 saturated carbocycles. The highest BCUT2D eigenvalue weighted by molar-refractivity contribution is 7.85. The van der Waals surface area contributed by atoms with Crippen molar-refractivity contribution in [1.82, 2.24) is 4.90 Å². The van der Waals surface area contributed by atoms with Gasteiger partial charge in [0.25, 0.3) is 10.1 Å². The molecule has 0 aromatic heterocycles. The number of rotatable bonds is 14. The molecule has 1 aromatic carbocycles. The van der Waals surface area contributed by atoms with Crippen LogP contribution >= 0.6 is 0 Å². The number of carbonyl (C=O) groups is 1. The van der Waals surface area contributed by atoms with Gasteiger partial charge in [0.15, 0.2) is 12.3 Å². The van der Waals surface area contributed by atoms with E-state index in [-0.39, 0.29) is 16.7 Å². The van der Waals surface area contributed by atoms with Gasteiger partial charge in [0.05, 0.1) is 10.3 Å². The van der Waals surface area contributed by atoms with E-state index < -0.39 is 21.5 Å². The Hall–Kier alpha value is -3.53. The van der Waals surface area contributed by atoms with Gasteiger partial charge in [-0.3, -0.25) is 9.35 Å². The van der Waals surface area contributed by atoms with Crippen molar-refractivity contribution in [3.8, 4) is 0 Å². The summed E-state index contributed by atoms with van der Waals surface area (Å²) in [5.41, 5.74) is 6.17. The van der Waals surface area contributed by atoms with Gasteiger partial charge in [-0.1, -0.05) is 62.8 Å². The first-order chi connectivity index (χ1) is 21.3. The molecule has 0 unspecified atom stereocenters. The van der Waals surface area contributed by atoms with Crippen molar-refractivity contribution in [2.45, 2.75) is 76.5 Å². The van der Waals surface area contributed by atoms with Crippen molar-refractivity contribution in [3.63, 3.8) is 0 Å². The van der Waals surface area contributed by atoms with Crippen LogP contribution in [0.1, 0.15) is 71.8 Å². The highest BCUT2D eigenvalue weighted by atomic mass is 32.2. The van der Waals surface area contributed by atoms with Gasteiger partial charge in [0.1, 0.15) is 6.61 Å². The van der Waals surface area contributed by atoms with Crippen LogP contribution in [0.25, 0.3) is 0 Å². The largest absolute Gasteiger partial charge is 0.481 e. The Morgan fingerprint density at radius 1 is 1.04 bits per heavy atom. The number of allylic oxidation sites excluding steroid dienone is 11. The molecule has 0 atom stereocenters. The Morgan fingerprint density at radius 2 is 1.78 bits per heavy atom. The van der Waals surface area contributed by atoms with Gasteiger partial charge in [0, 0.05) is 54.6 Å². The summed E-state index contributed by atoms with van der Waals surface area (Å²) in [4.78, 5) is 13.2. The van der Waals surface area contributed by atoms with Crippen LogP contribution in [-0.4, -0.2) is 66.0 Å². The van der Waals surface area contributed by atoms with Gasteiger partial charge in [-0.25, -0.2) is 0 Å². The molecule has 0 fully saturated rings. The third kappa shape index (κ3) is 7.65. The Bertz CT molecular complexity index is 1620. The minimum absolute atomic E-state index is 0.109. The van der Waals surface area contributed by atoms with Gasteiger partial charge in [-0.15, -0.1) is 0 Å². The highest BCUT2D eigenvalue weighted by Crippen LogP contribution is 2.50. The van der Waals surface area contributed by atoms with Crippen LogP contribution in [0.4, 0.5) is 5.69 Å². The van der Waals surface area contributed by atoms with Crippen LogP contribution < -0.4 is 0 Å². The molecule has 3 aliphatic rings. The predicted octanol–water partition coefficient (Wildman–Crippen LogP) is 7.10. The summed E-state index contributed by atoms with van der Waals surface area (Å²) in [6.07, 6.45) is 23.6. The van der Waals surface area contributed by atoms with Crippen LogP contribution in [0.3, 0.4) is 0 Å². The van der Waals surface area contributed by atoms with Crippen molar-refractivity contribution < 1.29 is 32.2 Å². The number of unbranched alkanes of at least 4 members (excludes halogenated alkanes) is 2. The van der Waals surface area contributed by atoms with Crippen LogP contribution in [0, 0.1) is 5.41 Å². The van der Waals surface area contributed by atoms with Crippen LogP contribution in [0.2, 0.25) is 0 Å². The number of hydrogen-bond acceptors (Lipinski definition) is 5. The molecule has 0 bridgehead atoms. The second-order valence-electron chi connectivity index (χ2n) is 12.8. The summed E-state index contributed by atoms with van der Waals surface area (Å²) in [5.74, 6) is -0.735. The van der Waals surface area contributed by atoms with E-state index in [1.54, 1.807) is 19.2 Å². The molecule has 0 amide bonds. The van der Waals surface area contributed by atoms with E-state index in [1.165, 1.54) is 23.0 Å². The van der Waals surface area contributed by atoms with Crippen molar-refractivity contribution >= 4 is 27.5 Å². The molecule has 1 aliphatic carbocycles. The third-order valence-corrected chi connectivity index (χ3v) is 9.83. The number of ether oxygens (including phenoxy) is 1. The fourth-order valence-corrected chi connectivity index (χ4v) is 7.13. The molecule has 0 spiro atoms. The highest BCUT2D eigenvalue weighted by Gasteiger charge is 2.45. The molecule has 1 aromatic rings. The quantitative estimate of drug-likeness (QED) is 0.0972. The smallest absolute Gasteiger partial charge is 0.303 e. The van der Waals surface area contributed by atoms with E-state index in [0.29, 0.717) is 19.6 Å². The first-order valence-corrected chi connectivity index (χ1v) is 17.1. The lowest BCUT2D eigenvalue weighted by atomic mass is 9.81. The first kappa shape index (κ1) is 34.3. The van der Waals surface area contributed by atoms with Crippen molar-refractivity contribution in [1.29, 1.82) is 0 Å². The van der Waals surface area contributed by atoms with Gasteiger partial charge in [-0.05, 0) is 63.3 Å². The Kier molecular flexibility index (Phi) is 10.9. The van der Waals surface area contributed by atoms with E-state index in [0.717, 1.165) is 49.2 Å². The van der Waals surface area contributed by atoms with E-state index >= 15 is 0 Å². The van der Waals surface area contributed by atoms with Gasteiger partial charge < -0.3 is 14.7 Å². The predicted molar refractivity (Wildman–Crippen MR) is 178 cm³/mol. The third-order valence-electron chi connectivity index (χ3n) is 8.98. The maximum atomic E-state index is 11.8. The van der Waals surface area contributed by atoms with Crippen LogP contribution in [0.15, 0.2) is 94.7 Å². The SMILES string of the molecule is COCC[N+]1=C(/C=C/C=C/C=C/C=C2/N(CCCCCC(=O)O)C3=C(C=CCC3)C2(C)C)C(C)(C)c2cc(S(=O)(=O)O)ccc21. The number of methoxy groups -OCH3 is 1. The number of carboxylic acids is 1. The second-order valence-corrected chi connectivity index (χ2v) is 14.2. The molecule has 2 aliphatic heterocycles. The Balaban J connectivity index is 1.50. The molecule has 0 radical (unpaired) electrons.